The van der Waals surface area contributed by atoms with E-state index in [2.05, 4.69) is 46.9 Å². The van der Waals surface area contributed by atoms with Gasteiger partial charge in [-0.3, -0.25) is 9.69 Å². The van der Waals surface area contributed by atoms with Crippen molar-refractivity contribution in [1.29, 1.82) is 0 Å². The zero-order valence-corrected chi connectivity index (χ0v) is 24.2. The number of nitrogens with zero attached hydrogens (tertiary/aromatic N) is 1. The van der Waals surface area contributed by atoms with Crippen molar-refractivity contribution in [2.24, 2.45) is 0 Å². The van der Waals surface area contributed by atoms with Gasteiger partial charge in [-0.05, 0) is 88.2 Å². The first-order chi connectivity index (χ1) is 18.0. The van der Waals surface area contributed by atoms with Gasteiger partial charge in [0.2, 0.25) is 0 Å². The molecule has 1 heterocycles. The molecule has 1 aliphatic rings. The van der Waals surface area contributed by atoms with Crippen molar-refractivity contribution in [3.63, 3.8) is 0 Å². The maximum atomic E-state index is 13.3. The molecule has 186 valence electrons. The highest BCUT2D eigenvalue weighted by molar-refractivity contribution is 14.1. The fourth-order valence-electron chi connectivity index (χ4n) is 4.28. The molecule has 4 aromatic carbocycles. The van der Waals surface area contributed by atoms with Gasteiger partial charge in [-0.1, -0.05) is 84.6 Å². The first-order valence-electron chi connectivity index (χ1n) is 11.9. The Balaban J connectivity index is 1.43. The molecule has 0 unspecified atom stereocenters. The monoisotopic (exact) mass is 637 g/mol. The highest BCUT2D eigenvalue weighted by Gasteiger charge is 2.34. The molecule has 0 aliphatic carbocycles. The number of thiocarbonyl (C=S) groups is 1. The van der Waals surface area contributed by atoms with E-state index in [4.69, 9.17) is 21.7 Å². The van der Waals surface area contributed by atoms with Gasteiger partial charge < -0.3 is 9.47 Å². The van der Waals surface area contributed by atoms with Gasteiger partial charge in [-0.25, -0.2) is 0 Å². The zero-order chi connectivity index (χ0) is 25.9. The summed E-state index contributed by atoms with van der Waals surface area (Å²) in [6.07, 6.45) is 1.87. The molecule has 37 heavy (non-hydrogen) atoms. The number of carbonyl (C=O) groups excluding carboxylic acids is 1. The van der Waals surface area contributed by atoms with Gasteiger partial charge in [0.15, 0.2) is 15.8 Å². The predicted octanol–water partition coefficient (Wildman–Crippen LogP) is 8.14. The predicted molar refractivity (Wildman–Crippen MR) is 165 cm³/mol. The van der Waals surface area contributed by atoms with Gasteiger partial charge in [-0.15, -0.1) is 0 Å². The Labute approximate surface area is 239 Å². The smallest absolute Gasteiger partial charge is 0.270 e. The lowest BCUT2D eigenvalue weighted by Crippen LogP contribution is -2.28. The Kier molecular flexibility index (Phi) is 7.83. The minimum atomic E-state index is -0.117. The van der Waals surface area contributed by atoms with Crippen molar-refractivity contribution in [3.05, 3.63) is 104 Å². The lowest BCUT2D eigenvalue weighted by molar-refractivity contribution is -0.113. The number of amides is 1. The van der Waals surface area contributed by atoms with Gasteiger partial charge in [0.1, 0.15) is 6.61 Å². The molecule has 0 saturated carbocycles. The third-order valence-corrected chi connectivity index (χ3v) is 8.13. The molecule has 1 saturated heterocycles. The van der Waals surface area contributed by atoms with E-state index in [0.29, 0.717) is 33.9 Å². The molecule has 4 aromatic rings. The fraction of sp³-hybridized carbons (Fsp3) is 0.133. The fourth-order valence-corrected chi connectivity index (χ4v) is 6.35. The largest absolute Gasteiger partial charge is 0.490 e. The summed E-state index contributed by atoms with van der Waals surface area (Å²) >= 11 is 9.14. The van der Waals surface area contributed by atoms with E-state index < -0.39 is 0 Å². The van der Waals surface area contributed by atoms with E-state index in [9.17, 15) is 4.79 Å². The highest BCUT2D eigenvalue weighted by Crippen LogP contribution is 2.40. The maximum Gasteiger partial charge on any atom is 0.270 e. The Morgan fingerprint density at radius 2 is 1.76 bits per heavy atom. The Morgan fingerprint density at radius 3 is 2.57 bits per heavy atom. The van der Waals surface area contributed by atoms with Gasteiger partial charge >= 0.3 is 0 Å². The summed E-state index contributed by atoms with van der Waals surface area (Å²) in [5, 5.41) is 2.35. The number of carbonyl (C=O) groups is 1. The Bertz CT molecular complexity index is 1540. The first kappa shape index (κ1) is 25.8. The summed E-state index contributed by atoms with van der Waals surface area (Å²) in [5.74, 6) is 1.23. The van der Waals surface area contributed by atoms with Crippen LogP contribution >= 0.6 is 46.6 Å². The van der Waals surface area contributed by atoms with Gasteiger partial charge in [0.25, 0.3) is 5.91 Å². The van der Waals surface area contributed by atoms with Crippen LogP contribution in [0.4, 0.5) is 5.69 Å². The van der Waals surface area contributed by atoms with Crippen LogP contribution in [0.15, 0.2) is 83.8 Å². The second-order valence-electron chi connectivity index (χ2n) is 8.49. The number of rotatable bonds is 7. The molecule has 0 radical (unpaired) electrons. The number of hydrogen-bond donors (Lipinski definition) is 0. The third-order valence-electron chi connectivity index (χ3n) is 6.03. The maximum absolute atomic E-state index is 13.3. The number of thioether (sulfide) groups is 1. The molecule has 0 bridgehead atoms. The van der Waals surface area contributed by atoms with Crippen LogP contribution in [0, 0.1) is 10.5 Å². The number of aryl methyl sites for hydroxylation is 1. The van der Waals surface area contributed by atoms with Gasteiger partial charge in [-0.2, -0.15) is 0 Å². The number of para-hydroxylation sites is 1. The minimum Gasteiger partial charge on any atom is -0.490 e. The van der Waals surface area contributed by atoms with Crippen LogP contribution in [0.1, 0.15) is 23.6 Å². The lowest BCUT2D eigenvalue weighted by Gasteiger charge is -2.17. The average molecular weight is 638 g/mol. The van der Waals surface area contributed by atoms with Crippen molar-refractivity contribution in [2.45, 2.75) is 20.5 Å². The topological polar surface area (TPSA) is 38.8 Å². The Hall–Kier alpha value is -2.88. The standard InChI is InChI=1S/C30H24INO3S2/c1-3-34-26-16-20(17-27-29(33)32(30(36)37-27)25-14-7-4-9-19(25)2)15-24(31)28(26)35-18-22-12-8-11-21-10-5-6-13-23(21)22/h4-17H,3,18H2,1-2H3/b27-17+. The number of halogens is 1. The lowest BCUT2D eigenvalue weighted by atomic mass is 10.1. The summed E-state index contributed by atoms with van der Waals surface area (Å²) in [6.45, 7) is 4.85. The number of benzene rings is 4. The molecule has 1 aliphatic heterocycles. The normalized spacial score (nSPS) is 14.6. The third kappa shape index (κ3) is 5.39. The molecular weight excluding hydrogens is 613 g/mol. The summed E-state index contributed by atoms with van der Waals surface area (Å²) in [4.78, 5) is 15.5. The number of anilines is 1. The number of fused-ring (bicyclic) bond motifs is 1. The molecule has 0 N–H and O–H groups in total. The van der Waals surface area contributed by atoms with E-state index in [-0.39, 0.29) is 5.91 Å². The zero-order valence-electron chi connectivity index (χ0n) is 20.4. The Morgan fingerprint density at radius 1 is 1.00 bits per heavy atom. The SMILES string of the molecule is CCOc1cc(/C=C2/SC(=S)N(c3ccccc3C)C2=O)cc(I)c1OCc1cccc2ccccc12. The number of ether oxygens (including phenoxy) is 2. The van der Waals surface area contributed by atoms with Crippen LogP contribution in [0.5, 0.6) is 11.5 Å². The van der Waals surface area contributed by atoms with Crippen molar-refractivity contribution in [2.75, 3.05) is 11.5 Å². The van der Waals surface area contributed by atoms with E-state index in [1.165, 1.54) is 22.5 Å². The summed E-state index contributed by atoms with van der Waals surface area (Å²) in [5.41, 5.74) is 3.78. The van der Waals surface area contributed by atoms with Crippen LogP contribution in [0.25, 0.3) is 16.8 Å². The first-order valence-corrected chi connectivity index (χ1v) is 14.2. The quantitative estimate of drug-likeness (QED) is 0.116. The molecule has 7 heteroatoms. The molecule has 0 spiro atoms. The molecular formula is C30H24INO3S2. The van der Waals surface area contributed by atoms with Crippen molar-refractivity contribution < 1.29 is 14.3 Å². The highest BCUT2D eigenvalue weighted by atomic mass is 127. The number of hydrogen-bond acceptors (Lipinski definition) is 5. The van der Waals surface area contributed by atoms with Crippen molar-refractivity contribution >= 4 is 79.3 Å². The van der Waals surface area contributed by atoms with Crippen molar-refractivity contribution in [3.8, 4) is 11.5 Å². The van der Waals surface area contributed by atoms with Crippen LogP contribution < -0.4 is 14.4 Å². The second-order valence-corrected chi connectivity index (χ2v) is 11.3. The van der Waals surface area contributed by atoms with E-state index in [1.807, 2.05) is 74.5 Å². The summed E-state index contributed by atoms with van der Waals surface area (Å²) in [7, 11) is 0. The van der Waals surface area contributed by atoms with E-state index >= 15 is 0 Å². The van der Waals surface area contributed by atoms with E-state index in [1.54, 1.807) is 4.90 Å². The molecule has 5 rings (SSSR count). The molecule has 1 amide bonds. The van der Waals surface area contributed by atoms with Crippen LogP contribution in [0.2, 0.25) is 0 Å². The summed E-state index contributed by atoms with van der Waals surface area (Å²) in [6, 6.07) is 26.2. The summed E-state index contributed by atoms with van der Waals surface area (Å²) < 4.78 is 13.7. The van der Waals surface area contributed by atoms with E-state index in [0.717, 1.165) is 25.9 Å². The molecule has 4 nitrogen and oxygen atoms in total. The van der Waals surface area contributed by atoms with Gasteiger partial charge in [0.05, 0.1) is 20.8 Å². The molecule has 0 aromatic heterocycles. The average Bonchev–Trinajstić information content (AvgIpc) is 3.16. The van der Waals surface area contributed by atoms with Crippen molar-refractivity contribution in [1.82, 2.24) is 0 Å². The van der Waals surface area contributed by atoms with Crippen LogP contribution in [-0.2, 0) is 11.4 Å². The molecule has 1 fully saturated rings. The van der Waals surface area contributed by atoms with Crippen LogP contribution in [0.3, 0.4) is 0 Å². The molecule has 0 atom stereocenters. The van der Waals surface area contributed by atoms with Crippen LogP contribution in [-0.4, -0.2) is 16.8 Å². The second kappa shape index (κ2) is 11.2. The van der Waals surface area contributed by atoms with Gasteiger partial charge in [0, 0.05) is 0 Å². The minimum absolute atomic E-state index is 0.117.